The SMILES string of the molecule is C=CCCOC(=O)[C@@H]1[C@H]2C(=O)N([C@@H](CO)CC(C)C)C(C(=O)N(CC=C)Cc3ccccc3)C23CC[C@@]1(C)O3. The lowest BCUT2D eigenvalue weighted by Gasteiger charge is -2.40. The molecule has 39 heavy (non-hydrogen) atoms. The van der Waals surface area contributed by atoms with Gasteiger partial charge >= 0.3 is 5.97 Å². The van der Waals surface area contributed by atoms with Gasteiger partial charge in [-0.2, -0.15) is 0 Å². The maximum absolute atomic E-state index is 14.5. The largest absolute Gasteiger partial charge is 0.465 e. The summed E-state index contributed by atoms with van der Waals surface area (Å²) in [5.41, 5.74) is -1.14. The Morgan fingerprint density at radius 3 is 2.56 bits per heavy atom. The maximum Gasteiger partial charge on any atom is 0.312 e. The van der Waals surface area contributed by atoms with E-state index in [-0.39, 0.29) is 37.5 Å². The predicted octanol–water partition coefficient (Wildman–Crippen LogP) is 3.49. The van der Waals surface area contributed by atoms with Crippen molar-refractivity contribution in [3.8, 4) is 0 Å². The smallest absolute Gasteiger partial charge is 0.312 e. The zero-order valence-corrected chi connectivity index (χ0v) is 23.4. The molecule has 4 rings (SSSR count). The molecule has 1 N–H and O–H groups in total. The van der Waals surface area contributed by atoms with Crippen LogP contribution in [0, 0.1) is 17.8 Å². The second-order valence-electron chi connectivity index (χ2n) is 11.7. The molecule has 3 fully saturated rings. The topological polar surface area (TPSA) is 96.4 Å². The molecule has 1 aromatic carbocycles. The fourth-order valence-corrected chi connectivity index (χ4v) is 6.91. The van der Waals surface area contributed by atoms with E-state index in [9.17, 15) is 19.5 Å². The lowest BCUT2D eigenvalue weighted by molar-refractivity contribution is -0.162. The minimum atomic E-state index is -1.18. The number of carbonyl (C=O) groups excluding carboxylic acids is 3. The van der Waals surface area contributed by atoms with Gasteiger partial charge in [-0.05, 0) is 44.1 Å². The van der Waals surface area contributed by atoms with Crippen molar-refractivity contribution in [2.24, 2.45) is 17.8 Å². The summed E-state index contributed by atoms with van der Waals surface area (Å²) < 4.78 is 12.3. The molecule has 2 bridgehead atoms. The van der Waals surface area contributed by atoms with Crippen molar-refractivity contribution in [2.45, 2.75) is 76.3 Å². The summed E-state index contributed by atoms with van der Waals surface area (Å²) in [7, 11) is 0. The highest BCUT2D eigenvalue weighted by Crippen LogP contribution is 2.63. The third-order valence-corrected chi connectivity index (χ3v) is 8.49. The minimum Gasteiger partial charge on any atom is -0.465 e. The number of amides is 2. The highest BCUT2D eigenvalue weighted by molar-refractivity contribution is 5.98. The molecule has 0 aromatic heterocycles. The normalized spacial score (nSPS) is 29.8. The molecule has 1 spiro atoms. The summed E-state index contributed by atoms with van der Waals surface area (Å²) in [6.07, 6.45) is 5.36. The van der Waals surface area contributed by atoms with Crippen molar-refractivity contribution in [2.75, 3.05) is 19.8 Å². The van der Waals surface area contributed by atoms with Crippen LogP contribution in [0.3, 0.4) is 0 Å². The van der Waals surface area contributed by atoms with Gasteiger partial charge in [-0.25, -0.2) is 0 Å². The molecule has 3 aliphatic heterocycles. The molecule has 6 atom stereocenters. The van der Waals surface area contributed by atoms with Crippen LogP contribution < -0.4 is 0 Å². The van der Waals surface area contributed by atoms with Gasteiger partial charge in [0.15, 0.2) is 0 Å². The van der Waals surface area contributed by atoms with E-state index in [1.165, 1.54) is 0 Å². The van der Waals surface area contributed by atoms with Gasteiger partial charge in [0.25, 0.3) is 0 Å². The van der Waals surface area contributed by atoms with Crippen molar-refractivity contribution >= 4 is 17.8 Å². The van der Waals surface area contributed by atoms with Gasteiger partial charge in [0.1, 0.15) is 17.6 Å². The number of aliphatic hydroxyl groups is 1. The summed E-state index contributed by atoms with van der Waals surface area (Å²) in [6.45, 7) is 13.9. The molecule has 0 radical (unpaired) electrons. The van der Waals surface area contributed by atoms with E-state index in [1.807, 2.05) is 51.1 Å². The number of nitrogens with zero attached hydrogens (tertiary/aromatic N) is 2. The van der Waals surface area contributed by atoms with Crippen LogP contribution in [0.2, 0.25) is 0 Å². The van der Waals surface area contributed by atoms with Crippen LogP contribution in [0.4, 0.5) is 0 Å². The number of esters is 1. The molecule has 0 saturated carbocycles. The first-order valence-corrected chi connectivity index (χ1v) is 14.0. The molecular weight excluding hydrogens is 496 g/mol. The molecule has 8 heteroatoms. The minimum absolute atomic E-state index is 0.172. The summed E-state index contributed by atoms with van der Waals surface area (Å²) in [6, 6.07) is 8.10. The molecular formula is C31H42N2O6. The Bertz CT molecular complexity index is 1090. The Kier molecular flexibility index (Phi) is 8.66. The summed E-state index contributed by atoms with van der Waals surface area (Å²) in [4.78, 5) is 45.5. The van der Waals surface area contributed by atoms with Crippen LogP contribution in [0.1, 0.15) is 52.0 Å². The monoisotopic (exact) mass is 538 g/mol. The van der Waals surface area contributed by atoms with Gasteiger partial charge in [0, 0.05) is 13.1 Å². The molecule has 2 amide bonds. The fourth-order valence-electron chi connectivity index (χ4n) is 6.91. The number of aliphatic hydroxyl groups excluding tert-OH is 1. The van der Waals surface area contributed by atoms with Crippen LogP contribution >= 0.6 is 0 Å². The van der Waals surface area contributed by atoms with Crippen molar-refractivity contribution < 1.29 is 29.0 Å². The highest BCUT2D eigenvalue weighted by Gasteiger charge is 2.79. The van der Waals surface area contributed by atoms with E-state index in [0.29, 0.717) is 32.2 Å². The summed E-state index contributed by atoms with van der Waals surface area (Å²) >= 11 is 0. The number of carbonyl (C=O) groups is 3. The number of hydrogen-bond acceptors (Lipinski definition) is 6. The Hall–Kier alpha value is -2.97. The second kappa shape index (κ2) is 11.6. The average molecular weight is 539 g/mol. The number of benzene rings is 1. The van der Waals surface area contributed by atoms with Gasteiger partial charge < -0.3 is 24.4 Å². The maximum atomic E-state index is 14.5. The lowest BCUT2D eigenvalue weighted by atomic mass is 9.66. The van der Waals surface area contributed by atoms with Crippen molar-refractivity contribution in [3.63, 3.8) is 0 Å². The van der Waals surface area contributed by atoms with Crippen LogP contribution in [-0.4, -0.2) is 75.7 Å². The van der Waals surface area contributed by atoms with Crippen molar-refractivity contribution in [1.82, 2.24) is 9.80 Å². The van der Waals surface area contributed by atoms with E-state index < -0.39 is 41.1 Å². The van der Waals surface area contributed by atoms with E-state index in [1.54, 1.807) is 22.0 Å². The standard InChI is InChI=1S/C31H42N2O6/c1-6-8-17-38-29(37)25-24-27(35)33(23(20-34)18-21(3)4)26(31(24)15-14-30(25,5)39-31)28(36)32(16-7-2)19-22-12-10-9-11-13-22/h6-7,9-13,21,23-26,34H,1-2,8,14-20H2,3-5H3/t23-,24+,25+,26?,30-,31?/m1/s1. The molecule has 212 valence electrons. The second-order valence-corrected chi connectivity index (χ2v) is 11.7. The number of fused-ring (bicyclic) bond motifs is 1. The first-order chi connectivity index (χ1) is 18.6. The number of likely N-dealkylation sites (tertiary alicyclic amines) is 1. The first-order valence-electron chi connectivity index (χ1n) is 14.0. The molecule has 3 heterocycles. The van der Waals surface area contributed by atoms with Gasteiger partial charge in [0.2, 0.25) is 11.8 Å². The molecule has 0 aliphatic carbocycles. The number of ether oxygens (including phenoxy) is 2. The molecule has 8 nitrogen and oxygen atoms in total. The highest BCUT2D eigenvalue weighted by atomic mass is 16.6. The first kappa shape index (κ1) is 29.0. The Labute approximate surface area is 231 Å². The third-order valence-electron chi connectivity index (χ3n) is 8.49. The van der Waals surface area contributed by atoms with Gasteiger partial charge in [-0.15, -0.1) is 13.2 Å². The van der Waals surface area contributed by atoms with Gasteiger partial charge in [-0.1, -0.05) is 56.3 Å². The lowest BCUT2D eigenvalue weighted by Crippen LogP contribution is -2.58. The fraction of sp³-hybridized carbons (Fsp3) is 0.581. The van der Waals surface area contributed by atoms with Crippen LogP contribution in [0.15, 0.2) is 55.6 Å². The van der Waals surface area contributed by atoms with E-state index in [4.69, 9.17) is 9.47 Å². The van der Waals surface area contributed by atoms with Crippen LogP contribution in [0.25, 0.3) is 0 Å². The molecule has 3 aliphatic rings. The van der Waals surface area contributed by atoms with Crippen molar-refractivity contribution in [3.05, 3.63) is 61.2 Å². The third kappa shape index (κ3) is 5.16. The Balaban J connectivity index is 1.77. The molecule has 2 unspecified atom stereocenters. The molecule has 1 aromatic rings. The van der Waals surface area contributed by atoms with E-state index >= 15 is 0 Å². The van der Waals surface area contributed by atoms with E-state index in [2.05, 4.69) is 13.2 Å². The molecule has 3 saturated heterocycles. The Morgan fingerprint density at radius 2 is 1.95 bits per heavy atom. The summed E-state index contributed by atoms with van der Waals surface area (Å²) in [5.74, 6) is -2.58. The van der Waals surface area contributed by atoms with Gasteiger partial charge in [-0.3, -0.25) is 14.4 Å². The van der Waals surface area contributed by atoms with Gasteiger partial charge in [0.05, 0.1) is 30.8 Å². The van der Waals surface area contributed by atoms with Crippen molar-refractivity contribution in [1.29, 1.82) is 0 Å². The quantitative estimate of drug-likeness (QED) is 0.235. The average Bonchev–Trinajstić information content (AvgIpc) is 3.48. The number of rotatable bonds is 13. The predicted molar refractivity (Wildman–Crippen MR) is 147 cm³/mol. The Morgan fingerprint density at radius 1 is 1.23 bits per heavy atom. The zero-order valence-electron chi connectivity index (χ0n) is 23.4. The zero-order chi connectivity index (χ0) is 28.4. The summed E-state index contributed by atoms with van der Waals surface area (Å²) in [5, 5.41) is 10.5. The van der Waals surface area contributed by atoms with Crippen LogP contribution in [-0.2, 0) is 30.4 Å². The number of hydrogen-bond donors (Lipinski definition) is 1. The van der Waals surface area contributed by atoms with E-state index in [0.717, 1.165) is 5.56 Å². The van der Waals surface area contributed by atoms with Crippen LogP contribution in [0.5, 0.6) is 0 Å².